The summed E-state index contributed by atoms with van der Waals surface area (Å²) in [6.45, 7) is 13.2. The summed E-state index contributed by atoms with van der Waals surface area (Å²) in [5, 5.41) is 11.7. The van der Waals surface area contributed by atoms with Crippen molar-refractivity contribution in [1.82, 2.24) is 9.97 Å². The van der Waals surface area contributed by atoms with Crippen LogP contribution in [0.1, 0.15) is 59.2 Å². The van der Waals surface area contributed by atoms with Crippen LogP contribution in [-0.2, 0) is 6.42 Å². The highest BCUT2D eigenvalue weighted by Crippen LogP contribution is 2.25. The summed E-state index contributed by atoms with van der Waals surface area (Å²) >= 11 is 0. The molecule has 28 heavy (non-hydrogen) atoms. The number of carboxylic acid groups (broad SMARTS) is 1. The molecule has 0 aliphatic heterocycles. The van der Waals surface area contributed by atoms with E-state index in [4.69, 9.17) is 0 Å². The van der Waals surface area contributed by atoms with Crippen LogP contribution in [0.3, 0.4) is 0 Å². The number of nitrogens with one attached hydrogen (secondary N) is 2. The van der Waals surface area contributed by atoms with Crippen LogP contribution in [0.25, 0.3) is 17.7 Å². The Bertz CT molecular complexity index is 1090. The van der Waals surface area contributed by atoms with E-state index in [1.54, 1.807) is 13.2 Å². The number of allylic oxidation sites excluding steroid dienone is 1. The minimum absolute atomic E-state index is 0.255. The fraction of sp³-hybridized carbons (Fsp3) is 0.318. The van der Waals surface area contributed by atoms with Crippen molar-refractivity contribution in [3.05, 3.63) is 50.5 Å². The molecule has 0 radical (unpaired) electrons. The maximum absolute atomic E-state index is 11.8. The van der Waals surface area contributed by atoms with Gasteiger partial charge in [0.2, 0.25) is 0 Å². The van der Waals surface area contributed by atoms with Gasteiger partial charge >= 0.3 is 5.97 Å². The van der Waals surface area contributed by atoms with E-state index in [1.165, 1.54) is 11.1 Å². The van der Waals surface area contributed by atoms with Gasteiger partial charge in [-0.3, -0.25) is 9.98 Å². The maximum atomic E-state index is 11.8. The van der Waals surface area contributed by atoms with Crippen LogP contribution in [0.4, 0.5) is 0 Å². The summed E-state index contributed by atoms with van der Waals surface area (Å²) in [6.07, 6.45) is 6.41. The van der Waals surface area contributed by atoms with Gasteiger partial charge in [0, 0.05) is 35.4 Å². The van der Waals surface area contributed by atoms with Gasteiger partial charge < -0.3 is 15.1 Å². The van der Waals surface area contributed by atoms with Gasteiger partial charge in [0.1, 0.15) is 0 Å². The fourth-order valence-electron chi connectivity index (χ4n) is 3.34. The second-order valence-corrected chi connectivity index (χ2v) is 6.78. The molecule has 2 aromatic rings. The van der Waals surface area contributed by atoms with Crippen molar-refractivity contribution in [3.8, 4) is 0 Å². The van der Waals surface area contributed by atoms with Crippen molar-refractivity contribution < 1.29 is 9.90 Å². The third kappa shape index (κ3) is 4.06. The van der Waals surface area contributed by atoms with Crippen molar-refractivity contribution in [2.75, 3.05) is 7.05 Å². The predicted molar refractivity (Wildman–Crippen MR) is 117 cm³/mol. The summed E-state index contributed by atoms with van der Waals surface area (Å²) in [6, 6.07) is 0. The van der Waals surface area contributed by atoms with E-state index in [1.807, 2.05) is 32.9 Å². The first-order valence-corrected chi connectivity index (χ1v) is 9.18. The second kappa shape index (κ2) is 8.69. The molecule has 148 valence electrons. The molecular weight excluding hydrogens is 352 g/mol. The van der Waals surface area contributed by atoms with E-state index in [2.05, 4.69) is 40.5 Å². The number of carbonyl (C=O) groups is 1. The quantitative estimate of drug-likeness (QED) is 0.672. The Morgan fingerprint density at radius 1 is 1.18 bits per heavy atom. The number of aromatic amines is 2. The van der Waals surface area contributed by atoms with Gasteiger partial charge in [0.05, 0.1) is 11.3 Å². The fourth-order valence-corrected chi connectivity index (χ4v) is 3.34. The van der Waals surface area contributed by atoms with E-state index >= 15 is 0 Å². The SMILES string of the molecule is C=N/C=C(/C)c1[nH]c(/C=c2\[nH]c(=CC(C)=NC)c(C)c2CC)c(C)c1C(=O)O. The molecule has 0 aliphatic carbocycles. The van der Waals surface area contributed by atoms with Crippen molar-refractivity contribution in [2.45, 2.75) is 41.0 Å². The molecule has 0 aromatic carbocycles. The minimum Gasteiger partial charge on any atom is -0.478 e. The Hall–Kier alpha value is -3.15. The van der Waals surface area contributed by atoms with Gasteiger partial charge in [-0.2, -0.15) is 0 Å². The molecule has 2 heterocycles. The lowest BCUT2D eigenvalue weighted by molar-refractivity contribution is 0.0696. The first kappa shape index (κ1) is 21.2. The Labute approximate surface area is 165 Å². The number of hydrogen-bond donors (Lipinski definition) is 3. The monoisotopic (exact) mass is 380 g/mol. The van der Waals surface area contributed by atoms with Crippen molar-refractivity contribution in [2.24, 2.45) is 9.98 Å². The predicted octanol–water partition coefficient (Wildman–Crippen LogP) is 2.98. The Kier molecular flexibility index (Phi) is 6.57. The van der Waals surface area contributed by atoms with Gasteiger partial charge in [0.15, 0.2) is 0 Å². The zero-order valence-electron chi connectivity index (χ0n) is 17.4. The second-order valence-electron chi connectivity index (χ2n) is 6.78. The van der Waals surface area contributed by atoms with Crippen molar-refractivity contribution in [1.29, 1.82) is 0 Å². The topological polar surface area (TPSA) is 93.6 Å². The Morgan fingerprint density at radius 2 is 1.86 bits per heavy atom. The smallest absolute Gasteiger partial charge is 0.338 e. The molecule has 0 saturated heterocycles. The maximum Gasteiger partial charge on any atom is 0.338 e. The molecule has 0 unspecified atom stereocenters. The van der Waals surface area contributed by atoms with E-state index in [9.17, 15) is 9.90 Å². The molecule has 0 atom stereocenters. The molecule has 0 bridgehead atoms. The zero-order chi connectivity index (χ0) is 21.0. The lowest BCUT2D eigenvalue weighted by Crippen LogP contribution is -2.13. The number of H-pyrrole nitrogens is 2. The number of aromatic carboxylic acids is 1. The summed E-state index contributed by atoms with van der Waals surface area (Å²) in [7, 11) is 1.77. The van der Waals surface area contributed by atoms with Crippen LogP contribution >= 0.6 is 0 Å². The van der Waals surface area contributed by atoms with Crippen molar-refractivity contribution >= 4 is 36.1 Å². The van der Waals surface area contributed by atoms with Gasteiger partial charge in [0.25, 0.3) is 0 Å². The number of hydrogen-bond acceptors (Lipinski definition) is 3. The van der Waals surface area contributed by atoms with Crippen molar-refractivity contribution in [3.63, 3.8) is 0 Å². The highest BCUT2D eigenvalue weighted by Gasteiger charge is 2.20. The number of aromatic nitrogens is 2. The Morgan fingerprint density at radius 3 is 2.39 bits per heavy atom. The third-order valence-corrected chi connectivity index (χ3v) is 4.98. The minimum atomic E-state index is -0.970. The lowest BCUT2D eigenvalue weighted by Gasteiger charge is -1.99. The summed E-state index contributed by atoms with van der Waals surface area (Å²) in [4.78, 5) is 26.5. The third-order valence-electron chi connectivity index (χ3n) is 4.98. The zero-order valence-corrected chi connectivity index (χ0v) is 17.4. The van der Waals surface area contributed by atoms with Crippen LogP contribution in [0.2, 0.25) is 0 Å². The van der Waals surface area contributed by atoms with E-state index in [0.29, 0.717) is 11.3 Å². The Balaban J connectivity index is 2.79. The van der Waals surface area contributed by atoms with E-state index in [0.717, 1.165) is 34.1 Å². The summed E-state index contributed by atoms with van der Waals surface area (Å²) in [5.41, 5.74) is 6.27. The molecule has 2 rings (SSSR count). The van der Waals surface area contributed by atoms with Gasteiger partial charge in [-0.15, -0.1) is 0 Å². The highest BCUT2D eigenvalue weighted by molar-refractivity contribution is 6.08. The average molecular weight is 380 g/mol. The largest absolute Gasteiger partial charge is 0.478 e. The van der Waals surface area contributed by atoms with Gasteiger partial charge in [-0.25, -0.2) is 4.79 Å². The standard InChI is InChI=1S/C22H28N4O2/c1-8-16-14(4)17(9-13(3)24-7)25-19(16)10-18-15(5)20(22(27)28)21(26-18)12(2)11-23-6/h9-11,25-26H,6,8H2,1-5,7H3,(H,27,28)/b12-11-,17-9?,19-10-,24-13?. The molecule has 6 nitrogen and oxygen atoms in total. The number of aliphatic imine (C=N–C) groups is 2. The first-order valence-electron chi connectivity index (χ1n) is 9.18. The highest BCUT2D eigenvalue weighted by atomic mass is 16.4. The van der Waals surface area contributed by atoms with Crippen LogP contribution in [0.5, 0.6) is 0 Å². The molecule has 3 N–H and O–H groups in total. The van der Waals surface area contributed by atoms with Crippen LogP contribution in [0.15, 0.2) is 16.2 Å². The van der Waals surface area contributed by atoms with E-state index in [-0.39, 0.29) is 5.56 Å². The normalized spacial score (nSPS) is 14.1. The molecule has 0 saturated carbocycles. The first-order chi connectivity index (χ1) is 13.2. The lowest BCUT2D eigenvalue weighted by atomic mass is 10.1. The van der Waals surface area contributed by atoms with Gasteiger partial charge in [-0.1, -0.05) is 6.92 Å². The molecule has 0 spiro atoms. The van der Waals surface area contributed by atoms with E-state index < -0.39 is 5.97 Å². The summed E-state index contributed by atoms with van der Waals surface area (Å²) < 4.78 is 0. The molecule has 2 aromatic heterocycles. The summed E-state index contributed by atoms with van der Waals surface area (Å²) in [5.74, 6) is -0.970. The number of rotatable bonds is 6. The molecule has 0 aliphatic rings. The van der Waals surface area contributed by atoms with Crippen LogP contribution in [0, 0.1) is 13.8 Å². The number of nitrogens with zero attached hydrogens (tertiary/aromatic N) is 2. The number of carboxylic acids is 1. The molecule has 6 heteroatoms. The van der Waals surface area contributed by atoms with Crippen LogP contribution < -0.4 is 10.7 Å². The van der Waals surface area contributed by atoms with Crippen LogP contribution in [-0.4, -0.2) is 40.5 Å². The molecular formula is C22H28N4O2. The molecule has 0 amide bonds. The average Bonchev–Trinajstić information content (AvgIpc) is 3.12. The van der Waals surface area contributed by atoms with Gasteiger partial charge in [-0.05, 0) is 75.2 Å². The molecule has 0 fully saturated rings.